The van der Waals surface area contributed by atoms with Crippen molar-refractivity contribution in [2.75, 3.05) is 20.2 Å². The van der Waals surface area contributed by atoms with Gasteiger partial charge in [0.15, 0.2) is 0 Å². The van der Waals surface area contributed by atoms with Crippen LogP contribution in [0.4, 0.5) is 4.79 Å². The maximum absolute atomic E-state index is 10.8. The summed E-state index contributed by atoms with van der Waals surface area (Å²) in [4.78, 5) is 22.8. The Kier molecular flexibility index (Phi) is 4.15. The minimum absolute atomic E-state index is 0.277. The zero-order valence-electron chi connectivity index (χ0n) is 8.68. The Morgan fingerprint density at radius 1 is 1.40 bits per heavy atom. The van der Waals surface area contributed by atoms with Crippen molar-refractivity contribution in [3.05, 3.63) is 12.2 Å². The molecule has 0 radical (unpaired) electrons. The first-order chi connectivity index (χ1) is 7.13. The molecule has 5 heteroatoms. The normalized spacial score (nSPS) is 18.1. The minimum Gasteiger partial charge on any atom is -0.466 e. The van der Waals surface area contributed by atoms with E-state index in [-0.39, 0.29) is 11.9 Å². The first-order valence-electron chi connectivity index (χ1n) is 4.87. The molecule has 1 amide bonds. The summed E-state index contributed by atoms with van der Waals surface area (Å²) in [7, 11) is 1.33. The van der Waals surface area contributed by atoms with E-state index >= 15 is 0 Å². The molecule has 1 saturated heterocycles. The predicted octanol–water partition coefficient (Wildman–Crippen LogP) is 1.11. The van der Waals surface area contributed by atoms with Gasteiger partial charge in [-0.2, -0.15) is 0 Å². The van der Waals surface area contributed by atoms with Crippen molar-refractivity contribution in [3.63, 3.8) is 0 Å². The predicted molar refractivity (Wildman–Crippen MR) is 53.5 cm³/mol. The van der Waals surface area contributed by atoms with E-state index in [1.54, 1.807) is 6.08 Å². The van der Waals surface area contributed by atoms with Gasteiger partial charge in [0.05, 0.1) is 7.11 Å². The number of methoxy groups -OCH3 is 1. The van der Waals surface area contributed by atoms with Gasteiger partial charge in [0.1, 0.15) is 0 Å². The van der Waals surface area contributed by atoms with Crippen molar-refractivity contribution in [1.82, 2.24) is 4.90 Å². The van der Waals surface area contributed by atoms with Crippen LogP contribution in [0.25, 0.3) is 0 Å². The highest BCUT2D eigenvalue weighted by molar-refractivity contribution is 5.81. The Labute approximate surface area is 88.3 Å². The highest BCUT2D eigenvalue weighted by Gasteiger charge is 2.20. The highest BCUT2D eigenvalue weighted by Crippen LogP contribution is 2.18. The topological polar surface area (TPSA) is 66.8 Å². The summed E-state index contributed by atoms with van der Waals surface area (Å²) in [5, 5.41) is 8.71. The second kappa shape index (κ2) is 5.38. The molecule has 0 bridgehead atoms. The Morgan fingerprint density at radius 2 is 2.00 bits per heavy atom. The second-order valence-corrected chi connectivity index (χ2v) is 3.49. The lowest BCUT2D eigenvalue weighted by molar-refractivity contribution is -0.134. The van der Waals surface area contributed by atoms with Crippen molar-refractivity contribution in [2.45, 2.75) is 12.8 Å². The van der Waals surface area contributed by atoms with Gasteiger partial charge in [0, 0.05) is 19.2 Å². The standard InChI is InChI=1S/C10H15NO4/c1-15-9(12)3-2-8-4-6-11(7-5-8)10(13)14/h2-3,8H,4-7H2,1H3,(H,13,14)/b3-2+. The van der Waals surface area contributed by atoms with Gasteiger partial charge in [0.25, 0.3) is 0 Å². The van der Waals surface area contributed by atoms with E-state index in [1.807, 2.05) is 0 Å². The summed E-state index contributed by atoms with van der Waals surface area (Å²) in [6.07, 6.45) is 3.86. The SMILES string of the molecule is COC(=O)/C=C/C1CCN(C(=O)O)CC1. The van der Waals surface area contributed by atoms with Crippen LogP contribution < -0.4 is 0 Å². The zero-order chi connectivity index (χ0) is 11.3. The fourth-order valence-corrected chi connectivity index (χ4v) is 1.57. The molecular weight excluding hydrogens is 198 g/mol. The van der Waals surface area contributed by atoms with Crippen LogP contribution in [-0.4, -0.2) is 42.3 Å². The summed E-state index contributed by atoms with van der Waals surface area (Å²) in [5.74, 6) is -0.0876. The quantitative estimate of drug-likeness (QED) is 0.551. The van der Waals surface area contributed by atoms with E-state index < -0.39 is 6.09 Å². The number of rotatable bonds is 2. The van der Waals surface area contributed by atoms with Crippen LogP contribution in [0.1, 0.15) is 12.8 Å². The molecule has 0 saturated carbocycles. The van der Waals surface area contributed by atoms with E-state index in [1.165, 1.54) is 18.1 Å². The van der Waals surface area contributed by atoms with Gasteiger partial charge in [-0.1, -0.05) is 6.08 Å². The van der Waals surface area contributed by atoms with Crippen molar-refractivity contribution in [3.8, 4) is 0 Å². The Morgan fingerprint density at radius 3 is 2.47 bits per heavy atom. The van der Waals surface area contributed by atoms with E-state index in [0.717, 1.165) is 12.8 Å². The van der Waals surface area contributed by atoms with Gasteiger partial charge in [-0.15, -0.1) is 0 Å². The first-order valence-corrected chi connectivity index (χ1v) is 4.87. The number of hydrogen-bond donors (Lipinski definition) is 1. The molecule has 15 heavy (non-hydrogen) atoms. The lowest BCUT2D eigenvalue weighted by atomic mass is 9.97. The Bertz CT molecular complexity index is 267. The summed E-state index contributed by atoms with van der Waals surface area (Å²) < 4.78 is 4.47. The fourth-order valence-electron chi connectivity index (χ4n) is 1.57. The summed E-state index contributed by atoms with van der Waals surface area (Å²) >= 11 is 0. The van der Waals surface area contributed by atoms with E-state index in [9.17, 15) is 9.59 Å². The largest absolute Gasteiger partial charge is 0.466 e. The molecule has 84 valence electrons. The van der Waals surface area contributed by atoms with Crippen LogP contribution >= 0.6 is 0 Å². The molecule has 1 fully saturated rings. The molecular formula is C10H15NO4. The zero-order valence-corrected chi connectivity index (χ0v) is 8.68. The van der Waals surface area contributed by atoms with Gasteiger partial charge in [-0.3, -0.25) is 0 Å². The molecule has 0 aromatic rings. The molecule has 1 rings (SSSR count). The van der Waals surface area contributed by atoms with Gasteiger partial charge < -0.3 is 14.7 Å². The maximum Gasteiger partial charge on any atom is 0.407 e. The van der Waals surface area contributed by atoms with Crippen molar-refractivity contribution in [2.24, 2.45) is 5.92 Å². The van der Waals surface area contributed by atoms with Crippen molar-refractivity contribution >= 4 is 12.1 Å². The summed E-state index contributed by atoms with van der Waals surface area (Å²) in [5.41, 5.74) is 0. The van der Waals surface area contributed by atoms with E-state index in [0.29, 0.717) is 13.1 Å². The van der Waals surface area contributed by atoms with Gasteiger partial charge in [-0.05, 0) is 18.8 Å². The molecule has 0 atom stereocenters. The Hall–Kier alpha value is -1.52. The first kappa shape index (κ1) is 11.6. The number of piperidine rings is 1. The number of nitrogens with zero attached hydrogens (tertiary/aromatic N) is 1. The monoisotopic (exact) mass is 213 g/mol. The van der Waals surface area contributed by atoms with E-state index in [4.69, 9.17) is 5.11 Å². The van der Waals surface area contributed by atoms with Crippen LogP contribution in [0.15, 0.2) is 12.2 Å². The van der Waals surface area contributed by atoms with Gasteiger partial charge >= 0.3 is 12.1 Å². The number of carboxylic acid groups (broad SMARTS) is 1. The second-order valence-electron chi connectivity index (χ2n) is 3.49. The average Bonchev–Trinajstić information content (AvgIpc) is 2.26. The fraction of sp³-hybridized carbons (Fsp3) is 0.600. The van der Waals surface area contributed by atoms with E-state index in [2.05, 4.69) is 4.74 Å². The minimum atomic E-state index is -0.870. The molecule has 0 aromatic carbocycles. The Balaban J connectivity index is 2.34. The molecule has 0 unspecified atom stereocenters. The summed E-state index contributed by atoms with van der Waals surface area (Å²) in [6, 6.07) is 0. The third kappa shape index (κ3) is 3.61. The van der Waals surface area contributed by atoms with Crippen LogP contribution in [0.3, 0.4) is 0 Å². The number of carbonyl (C=O) groups is 2. The molecule has 0 aliphatic carbocycles. The molecule has 1 heterocycles. The molecule has 5 nitrogen and oxygen atoms in total. The number of esters is 1. The smallest absolute Gasteiger partial charge is 0.407 e. The van der Waals surface area contributed by atoms with Crippen molar-refractivity contribution < 1.29 is 19.4 Å². The van der Waals surface area contributed by atoms with Gasteiger partial charge in [0.2, 0.25) is 0 Å². The number of ether oxygens (including phenoxy) is 1. The third-order valence-electron chi connectivity index (χ3n) is 2.52. The molecule has 1 aliphatic rings. The number of allylic oxidation sites excluding steroid dienone is 1. The number of hydrogen-bond acceptors (Lipinski definition) is 3. The number of amides is 1. The van der Waals surface area contributed by atoms with Crippen LogP contribution in [-0.2, 0) is 9.53 Å². The molecule has 1 aliphatic heterocycles. The van der Waals surface area contributed by atoms with Crippen LogP contribution in [0.2, 0.25) is 0 Å². The van der Waals surface area contributed by atoms with Crippen LogP contribution in [0.5, 0.6) is 0 Å². The van der Waals surface area contributed by atoms with Crippen molar-refractivity contribution in [1.29, 1.82) is 0 Å². The lowest BCUT2D eigenvalue weighted by Crippen LogP contribution is -2.37. The lowest BCUT2D eigenvalue weighted by Gasteiger charge is -2.28. The summed E-state index contributed by atoms with van der Waals surface area (Å²) in [6.45, 7) is 1.07. The molecule has 0 spiro atoms. The number of likely N-dealkylation sites (tertiary alicyclic amines) is 1. The number of carbonyl (C=O) groups excluding carboxylic acids is 1. The maximum atomic E-state index is 10.8. The van der Waals surface area contributed by atoms with Gasteiger partial charge in [-0.25, -0.2) is 9.59 Å². The molecule has 1 N–H and O–H groups in total. The average molecular weight is 213 g/mol. The van der Waals surface area contributed by atoms with Crippen LogP contribution in [0, 0.1) is 5.92 Å². The molecule has 0 aromatic heterocycles. The highest BCUT2D eigenvalue weighted by atomic mass is 16.5. The third-order valence-corrected chi connectivity index (χ3v) is 2.52.